The molecule has 0 atom stereocenters. The van der Waals surface area contributed by atoms with Crippen LogP contribution in [0.5, 0.6) is 0 Å². The van der Waals surface area contributed by atoms with Crippen molar-refractivity contribution < 1.29 is 0 Å². The van der Waals surface area contributed by atoms with Gasteiger partial charge in [-0.2, -0.15) is 0 Å². The van der Waals surface area contributed by atoms with E-state index in [9.17, 15) is 0 Å². The Labute approximate surface area is 332 Å². The molecule has 0 unspecified atom stereocenters. The van der Waals surface area contributed by atoms with Crippen LogP contribution in [0.4, 0.5) is 0 Å². The van der Waals surface area contributed by atoms with Crippen molar-refractivity contribution in [1.82, 2.24) is 0 Å². The Balaban J connectivity index is 1.10. The number of hydrogen-bond acceptors (Lipinski definition) is 0. The highest BCUT2D eigenvalue weighted by Crippen LogP contribution is 2.57. The SMILES string of the molecule is CC1(C)c2c(ccc3ccccc23)-c2c1c1ccc(-c3c4ccccc4c(-c4cccc(-c5ccc6ccccc6c5)c4)c4ccccc34)cc1c1ccccc21. The number of hydrogen-bond donors (Lipinski definition) is 0. The van der Waals surface area contributed by atoms with E-state index in [1.54, 1.807) is 0 Å². The minimum Gasteiger partial charge on any atom is -0.0616 e. The molecule has 11 aromatic rings. The monoisotopic (exact) mass is 722 g/mol. The summed E-state index contributed by atoms with van der Waals surface area (Å²) in [5.74, 6) is 0. The maximum absolute atomic E-state index is 2.49. The zero-order valence-electron chi connectivity index (χ0n) is 32.0. The van der Waals surface area contributed by atoms with E-state index in [-0.39, 0.29) is 5.41 Å². The summed E-state index contributed by atoms with van der Waals surface area (Å²) in [7, 11) is 0. The molecule has 0 spiro atoms. The molecule has 0 nitrogen and oxygen atoms in total. The highest BCUT2D eigenvalue weighted by molar-refractivity contribution is 6.24. The lowest BCUT2D eigenvalue weighted by molar-refractivity contribution is 0.672. The first-order valence-electron chi connectivity index (χ1n) is 20.1. The van der Waals surface area contributed by atoms with Gasteiger partial charge in [0.05, 0.1) is 0 Å². The van der Waals surface area contributed by atoms with Crippen molar-refractivity contribution in [3.63, 3.8) is 0 Å². The topological polar surface area (TPSA) is 0 Å². The van der Waals surface area contributed by atoms with E-state index in [4.69, 9.17) is 0 Å². The van der Waals surface area contributed by atoms with E-state index in [0.29, 0.717) is 0 Å². The van der Waals surface area contributed by atoms with Crippen molar-refractivity contribution in [2.75, 3.05) is 0 Å². The van der Waals surface area contributed by atoms with Gasteiger partial charge in [-0.25, -0.2) is 0 Å². The molecule has 1 aliphatic carbocycles. The van der Waals surface area contributed by atoms with Gasteiger partial charge in [-0.3, -0.25) is 0 Å². The number of fused-ring (bicyclic) bond motifs is 13. The van der Waals surface area contributed by atoms with Gasteiger partial charge in [0.1, 0.15) is 0 Å². The Morgan fingerprint density at radius 1 is 0.263 bits per heavy atom. The average molecular weight is 723 g/mol. The molecule has 0 saturated carbocycles. The Hall–Kier alpha value is -7.02. The third kappa shape index (κ3) is 4.62. The van der Waals surface area contributed by atoms with Gasteiger partial charge < -0.3 is 0 Å². The van der Waals surface area contributed by atoms with E-state index >= 15 is 0 Å². The Kier molecular flexibility index (Phi) is 6.78. The predicted molar refractivity (Wildman–Crippen MR) is 245 cm³/mol. The summed E-state index contributed by atoms with van der Waals surface area (Å²) in [5, 5.41) is 15.5. The highest BCUT2D eigenvalue weighted by Gasteiger charge is 2.39. The maximum Gasteiger partial charge on any atom is 0.0171 e. The van der Waals surface area contributed by atoms with Crippen molar-refractivity contribution in [2.24, 2.45) is 0 Å². The molecule has 0 heteroatoms. The molecule has 0 amide bonds. The third-order valence-corrected chi connectivity index (χ3v) is 12.9. The zero-order valence-corrected chi connectivity index (χ0v) is 32.0. The van der Waals surface area contributed by atoms with Crippen LogP contribution in [0.15, 0.2) is 194 Å². The predicted octanol–water partition coefficient (Wildman–Crippen LogP) is 15.9. The minimum atomic E-state index is -0.169. The van der Waals surface area contributed by atoms with Gasteiger partial charge in [0, 0.05) is 5.41 Å². The molecule has 0 aromatic heterocycles. The largest absolute Gasteiger partial charge is 0.0616 e. The zero-order chi connectivity index (χ0) is 37.8. The molecule has 0 saturated heterocycles. The Morgan fingerprint density at radius 2 is 0.754 bits per heavy atom. The first kappa shape index (κ1) is 32.2. The lowest BCUT2D eigenvalue weighted by atomic mass is 9.77. The first-order chi connectivity index (χ1) is 28.0. The first-order valence-corrected chi connectivity index (χ1v) is 20.1. The highest BCUT2D eigenvalue weighted by atomic mass is 14.4. The van der Waals surface area contributed by atoms with E-state index in [1.807, 2.05) is 0 Å². The molecule has 0 bridgehead atoms. The van der Waals surface area contributed by atoms with Crippen LogP contribution in [0.2, 0.25) is 0 Å². The number of benzene rings is 11. The average Bonchev–Trinajstić information content (AvgIpc) is 3.52. The molecular formula is C57H38. The van der Waals surface area contributed by atoms with E-state index in [2.05, 4.69) is 208 Å². The molecule has 57 heavy (non-hydrogen) atoms. The van der Waals surface area contributed by atoms with Crippen molar-refractivity contribution in [3.8, 4) is 44.5 Å². The van der Waals surface area contributed by atoms with Crippen molar-refractivity contribution in [1.29, 1.82) is 0 Å². The molecule has 0 aliphatic heterocycles. The van der Waals surface area contributed by atoms with Crippen LogP contribution in [-0.2, 0) is 5.41 Å². The summed E-state index contributed by atoms with van der Waals surface area (Å²) in [6, 6.07) is 72.5. The summed E-state index contributed by atoms with van der Waals surface area (Å²) in [6.07, 6.45) is 0. The Morgan fingerprint density at radius 3 is 1.44 bits per heavy atom. The molecule has 0 heterocycles. The van der Waals surface area contributed by atoms with Gasteiger partial charge in [-0.05, 0) is 138 Å². The standard InChI is InChI=1S/C57H38/c1-57(2)55-42-19-6-5-15-36(42)28-31-50(55)54-44-21-8-7-20-43(44)51-34-41(29-30-49(51)56(54)57)53-47-24-11-9-22-45(47)52(46-23-10-12-25-48(46)53)40-18-13-17-38(33-40)39-27-26-35-14-3-4-16-37(35)32-39/h3-34H,1-2H3. The van der Waals surface area contributed by atoms with E-state index in [1.165, 1.54) is 120 Å². The lowest BCUT2D eigenvalue weighted by Gasteiger charge is -2.25. The molecule has 266 valence electrons. The lowest BCUT2D eigenvalue weighted by Crippen LogP contribution is -2.16. The molecule has 12 rings (SSSR count). The normalized spacial score (nSPS) is 13.2. The molecule has 0 radical (unpaired) electrons. The van der Waals surface area contributed by atoms with Crippen LogP contribution >= 0.6 is 0 Å². The molecule has 1 aliphatic rings. The molecule has 0 fully saturated rings. The van der Waals surface area contributed by atoms with Crippen LogP contribution < -0.4 is 0 Å². The second-order valence-corrected chi connectivity index (χ2v) is 16.4. The van der Waals surface area contributed by atoms with Gasteiger partial charge in [-0.1, -0.05) is 190 Å². The van der Waals surface area contributed by atoms with E-state index < -0.39 is 0 Å². The van der Waals surface area contributed by atoms with Crippen molar-refractivity contribution >= 4 is 64.6 Å². The fourth-order valence-electron chi connectivity index (χ4n) is 10.5. The third-order valence-electron chi connectivity index (χ3n) is 12.9. The molecular weight excluding hydrogens is 685 g/mol. The second-order valence-electron chi connectivity index (χ2n) is 16.4. The van der Waals surface area contributed by atoms with Gasteiger partial charge in [0.15, 0.2) is 0 Å². The molecule has 0 N–H and O–H groups in total. The minimum absolute atomic E-state index is 0.169. The van der Waals surface area contributed by atoms with Crippen molar-refractivity contribution in [3.05, 3.63) is 205 Å². The summed E-state index contributed by atoms with van der Waals surface area (Å²) >= 11 is 0. The van der Waals surface area contributed by atoms with E-state index in [0.717, 1.165) is 0 Å². The summed E-state index contributed by atoms with van der Waals surface area (Å²) in [5.41, 5.74) is 13.0. The summed E-state index contributed by atoms with van der Waals surface area (Å²) < 4.78 is 0. The molecule has 11 aromatic carbocycles. The number of rotatable bonds is 3. The van der Waals surface area contributed by atoms with Gasteiger partial charge in [0.25, 0.3) is 0 Å². The van der Waals surface area contributed by atoms with Crippen LogP contribution in [0.1, 0.15) is 25.0 Å². The van der Waals surface area contributed by atoms with Crippen molar-refractivity contribution in [2.45, 2.75) is 19.3 Å². The van der Waals surface area contributed by atoms with Gasteiger partial charge in [-0.15, -0.1) is 0 Å². The Bertz CT molecular complexity index is 3430. The fourth-order valence-corrected chi connectivity index (χ4v) is 10.5. The van der Waals surface area contributed by atoms with Gasteiger partial charge >= 0.3 is 0 Å². The summed E-state index contributed by atoms with van der Waals surface area (Å²) in [6.45, 7) is 4.86. The fraction of sp³-hybridized carbons (Fsp3) is 0.0526. The van der Waals surface area contributed by atoms with Crippen LogP contribution in [-0.4, -0.2) is 0 Å². The van der Waals surface area contributed by atoms with Crippen LogP contribution in [0.25, 0.3) is 109 Å². The van der Waals surface area contributed by atoms with Gasteiger partial charge in [0.2, 0.25) is 0 Å². The van der Waals surface area contributed by atoms with Crippen LogP contribution in [0, 0.1) is 0 Å². The smallest absolute Gasteiger partial charge is 0.0171 e. The quantitative estimate of drug-likeness (QED) is 0.126. The second kappa shape index (κ2) is 12.0. The maximum atomic E-state index is 2.49. The summed E-state index contributed by atoms with van der Waals surface area (Å²) in [4.78, 5) is 0. The van der Waals surface area contributed by atoms with Crippen LogP contribution in [0.3, 0.4) is 0 Å².